The van der Waals surface area contributed by atoms with E-state index >= 15 is 0 Å². The Morgan fingerprint density at radius 3 is 1.41 bits per heavy atom. The maximum Gasteiger partial charge on any atom is 0.416 e. The zero-order valence-corrected chi connectivity index (χ0v) is 47.4. The number of rotatable bonds is 22. The first-order chi connectivity index (χ1) is 42.0. The van der Waals surface area contributed by atoms with E-state index in [9.17, 15) is 62.7 Å². The fraction of sp³-hybridized carbons (Fsp3) is 0.177. The molecule has 7 aromatic carbocycles. The average molecular weight is 1250 g/mol. The van der Waals surface area contributed by atoms with E-state index in [1.807, 2.05) is 30.3 Å². The summed E-state index contributed by atoms with van der Waals surface area (Å²) in [7, 11) is -8.26. The van der Waals surface area contributed by atoms with E-state index < -0.39 is 79.4 Å². The number of cyclic esters (lactones) is 1. The predicted molar refractivity (Wildman–Crippen MR) is 305 cm³/mol. The molecule has 1 aliphatic rings. The lowest BCUT2D eigenvalue weighted by Gasteiger charge is -2.22. The Hall–Kier alpha value is -9.95. The summed E-state index contributed by atoms with van der Waals surface area (Å²) in [6, 6.07) is 45.4. The second-order valence-electron chi connectivity index (χ2n) is 19.8. The van der Waals surface area contributed by atoms with Gasteiger partial charge in [0, 0.05) is 41.8 Å². The minimum atomic E-state index is -4.58. The third-order valence-electron chi connectivity index (χ3n) is 13.6. The van der Waals surface area contributed by atoms with Crippen LogP contribution in [0.25, 0.3) is 0 Å². The minimum Gasteiger partial charge on any atom is -0.489 e. The molecule has 0 bridgehead atoms. The number of carbonyl (C=O) groups is 3. The van der Waals surface area contributed by atoms with Crippen LogP contribution in [-0.4, -0.2) is 67.8 Å². The number of carbonyl (C=O) groups excluding carboxylic acids is 2. The highest BCUT2D eigenvalue weighted by atomic mass is 32.2. The number of imide groups is 1. The van der Waals surface area contributed by atoms with Crippen molar-refractivity contribution in [1.29, 1.82) is 0 Å². The summed E-state index contributed by atoms with van der Waals surface area (Å²) in [6.45, 7) is 0.269. The third-order valence-corrected chi connectivity index (χ3v) is 16.4. The van der Waals surface area contributed by atoms with Gasteiger partial charge in [0.15, 0.2) is 0 Å². The van der Waals surface area contributed by atoms with Crippen LogP contribution in [0.1, 0.15) is 75.0 Å². The number of hydrogen-bond donors (Lipinski definition) is 3. The molecule has 1 fully saturated rings. The van der Waals surface area contributed by atoms with E-state index in [2.05, 4.69) is 19.8 Å². The topological polar surface area (TPSA) is 247 Å². The number of halogens is 6. The first-order valence-electron chi connectivity index (χ1n) is 26.6. The Morgan fingerprint density at radius 1 is 0.568 bits per heavy atom. The quantitative estimate of drug-likeness (QED) is 0.0534. The molecule has 9 aromatic rings. The van der Waals surface area contributed by atoms with Crippen molar-refractivity contribution in [1.82, 2.24) is 15.2 Å². The maximum atomic E-state index is 13.6. The van der Waals surface area contributed by atoms with Gasteiger partial charge >= 0.3 is 24.4 Å². The molecule has 2 aromatic heterocycles. The molecule has 26 heteroatoms. The van der Waals surface area contributed by atoms with Gasteiger partial charge in [0.05, 0.1) is 44.8 Å². The molecule has 10 rings (SSSR count). The van der Waals surface area contributed by atoms with Crippen LogP contribution in [0.5, 0.6) is 11.5 Å². The Morgan fingerprint density at radius 2 is 1.00 bits per heavy atom. The van der Waals surface area contributed by atoms with Crippen LogP contribution in [0.3, 0.4) is 0 Å². The number of anilines is 2. The number of aromatic nitrogens is 2. The molecular formula is C62H51F6N5O13S2. The fourth-order valence-corrected chi connectivity index (χ4v) is 11.4. The Kier molecular flexibility index (Phi) is 19.3. The van der Waals surface area contributed by atoms with Gasteiger partial charge in [-0.25, -0.2) is 26.5 Å². The van der Waals surface area contributed by atoms with Crippen LogP contribution in [0.4, 0.5) is 42.5 Å². The van der Waals surface area contributed by atoms with Crippen LogP contribution < -0.4 is 18.9 Å². The van der Waals surface area contributed by atoms with Gasteiger partial charge < -0.3 is 28.4 Å². The van der Waals surface area contributed by atoms with Crippen LogP contribution in [0.2, 0.25) is 0 Å². The summed E-state index contributed by atoms with van der Waals surface area (Å²) < 4.78 is 159. The molecule has 0 saturated carbocycles. The first-order valence-corrected chi connectivity index (χ1v) is 29.5. The van der Waals surface area contributed by atoms with Gasteiger partial charge in [-0.1, -0.05) is 89.2 Å². The molecule has 88 heavy (non-hydrogen) atoms. The Labute approximate surface area is 499 Å². The molecule has 2 amide bonds. The largest absolute Gasteiger partial charge is 0.489 e. The number of amides is 2. The number of nitrogens with one attached hydrogen (secondary N) is 2. The zero-order chi connectivity index (χ0) is 62.6. The predicted octanol–water partition coefficient (Wildman–Crippen LogP) is 12.9. The lowest BCUT2D eigenvalue weighted by Crippen LogP contribution is -2.40. The van der Waals surface area contributed by atoms with Gasteiger partial charge in [-0.2, -0.15) is 26.3 Å². The van der Waals surface area contributed by atoms with Crippen molar-refractivity contribution in [2.75, 3.05) is 16.1 Å². The van der Waals surface area contributed by atoms with Gasteiger partial charge in [0.1, 0.15) is 43.8 Å². The van der Waals surface area contributed by atoms with Crippen LogP contribution in [-0.2, 0) is 66.4 Å². The van der Waals surface area contributed by atoms with Crippen LogP contribution in [0, 0.1) is 0 Å². The highest BCUT2D eigenvalue weighted by molar-refractivity contribution is 7.93. The lowest BCUT2D eigenvalue weighted by atomic mass is 9.91. The van der Waals surface area contributed by atoms with Crippen molar-refractivity contribution >= 4 is 49.4 Å². The summed E-state index contributed by atoms with van der Waals surface area (Å²) in [5.74, 6) is -1.42. The number of aliphatic carboxylic acids is 1. The highest BCUT2D eigenvalue weighted by Crippen LogP contribution is 2.35. The summed E-state index contributed by atoms with van der Waals surface area (Å²) in [5, 5.41) is 17.1. The van der Waals surface area contributed by atoms with Crippen molar-refractivity contribution in [3.8, 4) is 11.5 Å². The average Bonchev–Trinajstić information content (AvgIpc) is 2.34. The molecule has 0 radical (unpaired) electrons. The second kappa shape index (κ2) is 27.2. The molecular weight excluding hydrogens is 1200 g/mol. The number of benzene rings is 7. The third kappa shape index (κ3) is 16.5. The number of alkyl halides is 6. The molecule has 3 heterocycles. The number of sulfonamides is 2. The summed E-state index contributed by atoms with van der Waals surface area (Å²) in [4.78, 5) is 38.0. The van der Waals surface area contributed by atoms with E-state index in [1.54, 1.807) is 97.1 Å². The number of hydrogen-bond acceptors (Lipinski definition) is 14. The molecule has 3 N–H and O–H groups in total. The number of ether oxygens (including phenoxy) is 3. The molecule has 1 aliphatic heterocycles. The lowest BCUT2D eigenvalue weighted by molar-refractivity contribution is -0.138. The van der Waals surface area contributed by atoms with Crippen LogP contribution in [0.15, 0.2) is 219 Å². The monoisotopic (exact) mass is 1250 g/mol. The molecule has 0 aliphatic carbocycles. The van der Waals surface area contributed by atoms with Gasteiger partial charge in [-0.05, 0) is 131 Å². The molecule has 1 saturated heterocycles. The summed E-state index contributed by atoms with van der Waals surface area (Å²) >= 11 is 0. The van der Waals surface area contributed by atoms with Crippen molar-refractivity contribution in [2.24, 2.45) is 0 Å². The normalized spacial score (nSPS) is 14.2. The van der Waals surface area contributed by atoms with E-state index in [0.717, 1.165) is 35.4 Å². The number of nitrogens with zero attached hydrogens (tertiary/aromatic N) is 3. The summed E-state index contributed by atoms with van der Waals surface area (Å²) in [6.07, 6.45) is -6.82. The van der Waals surface area contributed by atoms with Crippen LogP contribution >= 0.6 is 0 Å². The van der Waals surface area contributed by atoms with Crippen molar-refractivity contribution in [2.45, 2.75) is 72.5 Å². The van der Waals surface area contributed by atoms with E-state index in [0.29, 0.717) is 70.3 Å². The second-order valence-corrected chi connectivity index (χ2v) is 23.2. The smallest absolute Gasteiger partial charge is 0.416 e. The van der Waals surface area contributed by atoms with Gasteiger partial charge in [-0.3, -0.25) is 19.0 Å². The molecule has 0 unspecified atom stereocenters. The molecule has 456 valence electrons. The zero-order valence-electron chi connectivity index (χ0n) is 45.8. The summed E-state index contributed by atoms with van der Waals surface area (Å²) in [5.41, 5.74) is 3.20. The first kappa shape index (κ1) is 62.6. The Balaban J connectivity index is 0.000000218. The van der Waals surface area contributed by atoms with E-state index in [4.69, 9.17) is 23.3 Å². The Bertz CT molecular complexity index is 4050. The number of carboxylic acid groups (broad SMARTS) is 1. The highest BCUT2D eigenvalue weighted by Gasteiger charge is 2.39. The van der Waals surface area contributed by atoms with Crippen molar-refractivity contribution in [3.05, 3.63) is 251 Å². The minimum absolute atomic E-state index is 0.0672. The van der Waals surface area contributed by atoms with E-state index in [1.165, 1.54) is 29.6 Å². The molecule has 18 nitrogen and oxygen atoms in total. The van der Waals surface area contributed by atoms with Gasteiger partial charge in [0.2, 0.25) is 5.91 Å². The number of carboxylic acids is 1. The SMILES string of the molecule is O=C(C[C@@H](c1ccc(OCc2cccc(NS(=O)(=O)c3ccc(C(F)(F)F)cc3)c2)cc1)c1ccon1)N1C(=O)OC[C@@H]1Cc1ccccc1.O=C(O)C[C@@H](c1ccc(OCc2cccc(NS(=O)(=O)c3ccc(C(F)(F)F)cc3)c2)cc1)c1ccon1. The van der Waals surface area contributed by atoms with E-state index in [-0.39, 0.29) is 53.8 Å². The van der Waals surface area contributed by atoms with Gasteiger partial charge in [-0.15, -0.1) is 0 Å². The van der Waals surface area contributed by atoms with Crippen molar-refractivity contribution < 1.29 is 85.9 Å². The standard InChI is InChI=1S/C36H30F3N3O7S.C26H21F3N2O6S/c37-36(38,39)27-11-15-31(16-12-27)50(45,46)41-28-8-4-7-25(19-28)22-47-30-13-9-26(10-14-30)32(33-17-18-49-40-33)21-34(43)42-29(23-48-35(42)44)20-24-5-2-1-3-6-24;27-26(28,29)19-6-10-22(11-7-19)38(34,35)31-20-3-1-2-17(14-20)16-36-21-8-4-18(5-9-21)23(15-25(32)33)24-12-13-37-30-24/h1-19,29,32,41H,20-23H2;1-14,23,31H,15-16H2,(H,32,33)/t29-,32-;23-/m00/s1. The molecule has 0 spiro atoms. The van der Waals surface area contributed by atoms with Gasteiger partial charge in [0.25, 0.3) is 20.0 Å². The maximum absolute atomic E-state index is 13.6. The van der Waals surface area contributed by atoms with Crippen molar-refractivity contribution in [3.63, 3.8) is 0 Å². The fourth-order valence-electron chi connectivity index (χ4n) is 9.29. The molecule has 3 atom stereocenters.